The Morgan fingerprint density at radius 3 is 2.78 bits per heavy atom. The molecule has 3 aromatic rings. The molecule has 2 atom stereocenters. The second-order valence-corrected chi connectivity index (χ2v) is 7.95. The first-order valence-corrected chi connectivity index (χ1v) is 10.4. The van der Waals surface area contributed by atoms with E-state index < -0.39 is 11.9 Å². The number of methoxy groups -OCH3 is 1. The zero-order valence-electron chi connectivity index (χ0n) is 17.4. The number of fused-ring (bicyclic) bond motifs is 1. The van der Waals surface area contributed by atoms with Crippen molar-refractivity contribution < 1.29 is 19.1 Å². The Kier molecular flexibility index (Phi) is 4.96. The highest BCUT2D eigenvalue weighted by molar-refractivity contribution is 6.00. The summed E-state index contributed by atoms with van der Waals surface area (Å²) in [7, 11) is 1.37. The first kappa shape index (κ1) is 20.0. The Morgan fingerprint density at radius 2 is 2.03 bits per heavy atom. The third kappa shape index (κ3) is 3.53. The molecule has 5 rings (SSSR count). The second kappa shape index (κ2) is 7.95. The number of rotatable bonds is 4. The maximum atomic E-state index is 12.4. The minimum atomic E-state index is -0.567. The van der Waals surface area contributed by atoms with Crippen molar-refractivity contribution >= 4 is 29.2 Å². The zero-order valence-corrected chi connectivity index (χ0v) is 17.4. The fourth-order valence-corrected chi connectivity index (χ4v) is 4.35. The lowest BCUT2D eigenvalue weighted by Crippen LogP contribution is -2.51. The fraction of sp³-hybridized carbons (Fsp3) is 0.318. The van der Waals surface area contributed by atoms with Gasteiger partial charge in [0.2, 0.25) is 5.91 Å². The summed E-state index contributed by atoms with van der Waals surface area (Å²) in [5.74, 6) is -0.983. The number of esters is 1. The molecule has 1 aromatic carbocycles. The molecule has 2 aliphatic heterocycles. The Bertz CT molecular complexity index is 1200. The van der Waals surface area contributed by atoms with Crippen LogP contribution in [0, 0.1) is 0 Å². The van der Waals surface area contributed by atoms with E-state index in [-0.39, 0.29) is 18.4 Å². The number of carbonyl (C=O) groups is 3. The molecule has 32 heavy (non-hydrogen) atoms. The minimum Gasteiger partial charge on any atom is -0.465 e. The summed E-state index contributed by atoms with van der Waals surface area (Å²) in [6.45, 7) is 1.80. The number of aromatic nitrogens is 3. The molecule has 0 bridgehead atoms. The number of carbonyl (C=O) groups excluding carboxylic acids is 3. The van der Waals surface area contributed by atoms with E-state index >= 15 is 0 Å². The number of urea groups is 1. The highest BCUT2D eigenvalue weighted by atomic mass is 16.5. The largest absolute Gasteiger partial charge is 0.465 e. The van der Waals surface area contributed by atoms with Crippen LogP contribution in [0.15, 0.2) is 42.7 Å². The summed E-state index contributed by atoms with van der Waals surface area (Å²) in [5.41, 5.74) is 3.88. The summed E-state index contributed by atoms with van der Waals surface area (Å²) < 4.78 is 6.44. The molecule has 0 spiro atoms. The second-order valence-electron chi connectivity index (χ2n) is 7.95. The number of ether oxygens (including phenoxy) is 1. The van der Waals surface area contributed by atoms with Gasteiger partial charge >= 0.3 is 12.0 Å². The number of hydrogen-bond acceptors (Lipinski definition) is 7. The van der Waals surface area contributed by atoms with Gasteiger partial charge in [-0.1, -0.05) is 12.1 Å². The van der Waals surface area contributed by atoms with Gasteiger partial charge in [0.05, 0.1) is 30.0 Å². The topological polar surface area (TPSA) is 118 Å². The van der Waals surface area contributed by atoms with Gasteiger partial charge in [-0.05, 0) is 30.2 Å². The van der Waals surface area contributed by atoms with E-state index in [0.717, 1.165) is 36.4 Å². The van der Waals surface area contributed by atoms with Crippen LogP contribution in [0.2, 0.25) is 0 Å². The van der Waals surface area contributed by atoms with Gasteiger partial charge in [-0.3, -0.25) is 10.1 Å². The van der Waals surface area contributed by atoms with Crippen molar-refractivity contribution in [3.05, 3.63) is 59.5 Å². The number of amides is 3. The maximum Gasteiger partial charge on any atom is 0.337 e. The minimum absolute atomic E-state index is 0.201. The first-order chi connectivity index (χ1) is 15.5. The van der Waals surface area contributed by atoms with Crippen LogP contribution in [-0.2, 0) is 9.53 Å². The van der Waals surface area contributed by atoms with Crippen molar-refractivity contribution in [2.45, 2.75) is 18.3 Å². The van der Waals surface area contributed by atoms with E-state index in [1.54, 1.807) is 29.0 Å². The Hall–Kier alpha value is -3.95. The smallest absolute Gasteiger partial charge is 0.337 e. The van der Waals surface area contributed by atoms with Crippen molar-refractivity contribution in [3.8, 4) is 0 Å². The lowest BCUT2D eigenvalue weighted by Gasteiger charge is -2.24. The van der Waals surface area contributed by atoms with Crippen molar-refractivity contribution in [3.63, 3.8) is 0 Å². The Morgan fingerprint density at radius 1 is 1.22 bits per heavy atom. The van der Waals surface area contributed by atoms with Crippen LogP contribution in [0.3, 0.4) is 0 Å². The molecule has 4 heterocycles. The number of imide groups is 1. The Labute approximate surface area is 183 Å². The molecule has 2 aliphatic rings. The quantitative estimate of drug-likeness (QED) is 0.597. The number of benzene rings is 1. The molecule has 0 aliphatic carbocycles. The van der Waals surface area contributed by atoms with Gasteiger partial charge < -0.3 is 15.0 Å². The molecule has 10 heteroatoms. The first-order valence-electron chi connectivity index (χ1n) is 10.4. The average molecular weight is 434 g/mol. The van der Waals surface area contributed by atoms with E-state index in [1.807, 2.05) is 18.2 Å². The van der Waals surface area contributed by atoms with E-state index in [0.29, 0.717) is 17.2 Å². The van der Waals surface area contributed by atoms with Gasteiger partial charge in [-0.2, -0.15) is 5.10 Å². The monoisotopic (exact) mass is 434 g/mol. The highest BCUT2D eigenvalue weighted by Crippen LogP contribution is 2.34. The van der Waals surface area contributed by atoms with Crippen LogP contribution in [0.4, 0.5) is 10.5 Å². The van der Waals surface area contributed by atoms with E-state index in [2.05, 4.69) is 25.6 Å². The van der Waals surface area contributed by atoms with Crippen LogP contribution in [0.25, 0.3) is 5.65 Å². The summed E-state index contributed by atoms with van der Waals surface area (Å²) in [5, 5.41) is 9.51. The predicted octanol–water partition coefficient (Wildman–Crippen LogP) is 1.43. The van der Waals surface area contributed by atoms with E-state index in [1.165, 1.54) is 7.11 Å². The highest BCUT2D eigenvalue weighted by Gasteiger charge is 2.32. The normalized spacial score (nSPS) is 20.8. The van der Waals surface area contributed by atoms with Crippen LogP contribution >= 0.6 is 0 Å². The molecule has 0 radical (unpaired) electrons. The number of anilines is 1. The number of nitrogens with one attached hydrogen (secondary N) is 2. The molecule has 2 N–H and O–H groups in total. The lowest BCUT2D eigenvalue weighted by atomic mass is 9.97. The molecular formula is C22H22N6O4. The van der Waals surface area contributed by atoms with Gasteiger partial charge in [-0.15, -0.1) is 0 Å². The van der Waals surface area contributed by atoms with Gasteiger partial charge in [-0.25, -0.2) is 19.1 Å². The van der Waals surface area contributed by atoms with E-state index in [4.69, 9.17) is 4.74 Å². The lowest BCUT2D eigenvalue weighted by molar-refractivity contribution is -0.122. The SMILES string of the molecule is COC(=O)c1ccc(C2CCN(c3cc(C4CNC(=O)NC4=O)nn4ccnc34)C2)cc1. The van der Waals surface area contributed by atoms with Crippen molar-refractivity contribution in [2.75, 3.05) is 31.6 Å². The molecule has 10 nitrogen and oxygen atoms in total. The van der Waals surface area contributed by atoms with Crippen molar-refractivity contribution in [1.82, 2.24) is 25.2 Å². The molecule has 2 saturated heterocycles. The molecule has 2 fully saturated rings. The summed E-state index contributed by atoms with van der Waals surface area (Å²) in [6.07, 6.45) is 4.38. The van der Waals surface area contributed by atoms with Crippen LogP contribution in [0.5, 0.6) is 0 Å². The van der Waals surface area contributed by atoms with Gasteiger partial charge in [0.25, 0.3) is 0 Å². The standard InChI is InChI=1S/C22H22N6O4/c1-32-21(30)14-4-2-13(3-5-14)15-6-8-27(12-15)18-10-17(26-28-9-7-23-19(18)28)16-11-24-22(31)25-20(16)29/h2-5,7,9-10,15-16H,6,8,11-12H2,1H3,(H2,24,25,29,31). The maximum absolute atomic E-state index is 12.4. The zero-order chi connectivity index (χ0) is 22.2. The molecule has 3 amide bonds. The predicted molar refractivity (Wildman–Crippen MR) is 115 cm³/mol. The summed E-state index contributed by atoms with van der Waals surface area (Å²) in [4.78, 5) is 42.2. The molecule has 2 unspecified atom stereocenters. The molecule has 0 saturated carbocycles. The average Bonchev–Trinajstić information content (AvgIpc) is 3.48. The van der Waals surface area contributed by atoms with Crippen LogP contribution < -0.4 is 15.5 Å². The van der Waals surface area contributed by atoms with Gasteiger partial charge in [0, 0.05) is 37.9 Å². The number of nitrogens with zero attached hydrogens (tertiary/aromatic N) is 4. The summed E-state index contributed by atoms with van der Waals surface area (Å²) >= 11 is 0. The Balaban J connectivity index is 1.41. The third-order valence-electron chi connectivity index (χ3n) is 6.07. The molecular weight excluding hydrogens is 412 g/mol. The fourth-order valence-electron chi connectivity index (χ4n) is 4.35. The van der Waals surface area contributed by atoms with Gasteiger partial charge in [0.15, 0.2) is 5.65 Å². The van der Waals surface area contributed by atoms with Crippen molar-refractivity contribution in [1.29, 1.82) is 0 Å². The summed E-state index contributed by atoms with van der Waals surface area (Å²) in [6, 6.07) is 8.92. The molecule has 164 valence electrons. The molecule has 2 aromatic heterocycles. The number of hydrogen-bond donors (Lipinski definition) is 2. The number of imidazole rings is 1. The van der Waals surface area contributed by atoms with E-state index in [9.17, 15) is 14.4 Å². The van der Waals surface area contributed by atoms with Gasteiger partial charge in [0.1, 0.15) is 0 Å². The van der Waals surface area contributed by atoms with Crippen LogP contribution in [-0.4, -0.2) is 59.2 Å². The van der Waals surface area contributed by atoms with Crippen molar-refractivity contribution in [2.24, 2.45) is 0 Å². The third-order valence-corrected chi connectivity index (χ3v) is 6.07. The van der Waals surface area contributed by atoms with Crippen LogP contribution in [0.1, 0.15) is 39.9 Å².